The van der Waals surface area contributed by atoms with Crippen molar-refractivity contribution in [2.75, 3.05) is 26.7 Å². The number of rotatable bonds is 4. The van der Waals surface area contributed by atoms with Crippen molar-refractivity contribution in [1.29, 1.82) is 0 Å². The van der Waals surface area contributed by atoms with E-state index in [2.05, 4.69) is 11.8 Å². The second kappa shape index (κ2) is 5.97. The Labute approximate surface area is 115 Å². The van der Waals surface area contributed by atoms with Gasteiger partial charge in [0.15, 0.2) is 0 Å². The Morgan fingerprint density at radius 3 is 2.33 bits per heavy atom. The molecule has 1 aliphatic rings. The molecule has 1 aliphatic heterocycles. The summed E-state index contributed by atoms with van der Waals surface area (Å²) >= 11 is 4.99. The van der Waals surface area contributed by atoms with E-state index in [1.165, 1.54) is 0 Å². The van der Waals surface area contributed by atoms with E-state index in [9.17, 15) is 4.79 Å². The zero-order chi connectivity index (χ0) is 13.9. The minimum absolute atomic E-state index is 0.0324. The third-order valence-corrected chi connectivity index (χ3v) is 4.53. The van der Waals surface area contributed by atoms with Gasteiger partial charge in [-0.05, 0) is 33.2 Å². The van der Waals surface area contributed by atoms with Crippen LogP contribution in [0.25, 0.3) is 0 Å². The molecule has 1 heterocycles. The van der Waals surface area contributed by atoms with Crippen molar-refractivity contribution in [3.8, 4) is 0 Å². The monoisotopic (exact) mass is 271 g/mol. The standard InChI is InChI=1S/C13H25N3OS/c1-5-16-8-6-10(7-9-16)15(4)12(17)13(2,3)11(14)18/h10H,5-9H2,1-4H3,(H2,14,18). The Kier molecular flexibility index (Phi) is 5.10. The number of carbonyl (C=O) groups is 1. The van der Waals surface area contributed by atoms with Crippen LogP contribution in [0.15, 0.2) is 0 Å². The molecule has 0 bridgehead atoms. The molecule has 1 amide bonds. The zero-order valence-corrected chi connectivity index (χ0v) is 12.7. The van der Waals surface area contributed by atoms with Crippen LogP contribution in [0.3, 0.4) is 0 Å². The maximum absolute atomic E-state index is 12.4. The maximum Gasteiger partial charge on any atom is 0.235 e. The molecule has 0 saturated carbocycles. The lowest BCUT2D eigenvalue weighted by atomic mass is 9.90. The average molecular weight is 271 g/mol. The summed E-state index contributed by atoms with van der Waals surface area (Å²) < 4.78 is 0. The summed E-state index contributed by atoms with van der Waals surface area (Å²) in [5, 5.41) is 0. The molecule has 18 heavy (non-hydrogen) atoms. The van der Waals surface area contributed by atoms with Gasteiger partial charge in [-0.1, -0.05) is 19.1 Å². The number of nitrogens with zero attached hydrogens (tertiary/aromatic N) is 2. The molecule has 1 fully saturated rings. The van der Waals surface area contributed by atoms with Gasteiger partial charge in [0, 0.05) is 26.2 Å². The maximum atomic E-state index is 12.4. The highest BCUT2D eigenvalue weighted by molar-refractivity contribution is 7.80. The van der Waals surface area contributed by atoms with E-state index in [0.29, 0.717) is 6.04 Å². The highest BCUT2D eigenvalue weighted by atomic mass is 32.1. The number of nitrogens with two attached hydrogens (primary N) is 1. The molecular formula is C13H25N3OS. The summed E-state index contributed by atoms with van der Waals surface area (Å²) in [4.78, 5) is 16.9. The molecule has 5 heteroatoms. The largest absolute Gasteiger partial charge is 0.392 e. The molecule has 2 N–H and O–H groups in total. The molecule has 0 aromatic heterocycles. The topological polar surface area (TPSA) is 49.6 Å². The molecule has 0 unspecified atom stereocenters. The van der Waals surface area contributed by atoms with E-state index in [0.717, 1.165) is 32.5 Å². The summed E-state index contributed by atoms with van der Waals surface area (Å²) in [6.45, 7) is 8.98. The second-order valence-electron chi connectivity index (χ2n) is 5.57. The minimum Gasteiger partial charge on any atom is -0.392 e. The van der Waals surface area contributed by atoms with E-state index >= 15 is 0 Å². The molecule has 104 valence electrons. The van der Waals surface area contributed by atoms with E-state index < -0.39 is 5.41 Å². The minimum atomic E-state index is -0.744. The molecule has 0 spiro atoms. The van der Waals surface area contributed by atoms with E-state index in [1.807, 2.05) is 11.9 Å². The normalized spacial score (nSPS) is 18.7. The molecule has 0 radical (unpaired) electrons. The number of likely N-dealkylation sites (tertiary alicyclic amines) is 1. The molecular weight excluding hydrogens is 246 g/mol. The van der Waals surface area contributed by atoms with Gasteiger partial charge in [0.25, 0.3) is 0 Å². The van der Waals surface area contributed by atoms with Gasteiger partial charge in [0.05, 0.1) is 10.4 Å². The Hall–Kier alpha value is -0.680. The van der Waals surface area contributed by atoms with Crippen molar-refractivity contribution in [3.63, 3.8) is 0 Å². The van der Waals surface area contributed by atoms with Gasteiger partial charge >= 0.3 is 0 Å². The van der Waals surface area contributed by atoms with Crippen LogP contribution in [-0.4, -0.2) is 53.4 Å². The third kappa shape index (κ3) is 3.20. The molecule has 0 aromatic carbocycles. The third-order valence-electron chi connectivity index (χ3n) is 4.02. The first kappa shape index (κ1) is 15.4. The fraction of sp³-hybridized carbons (Fsp3) is 0.846. The zero-order valence-electron chi connectivity index (χ0n) is 11.9. The molecule has 1 saturated heterocycles. The number of amides is 1. The van der Waals surface area contributed by atoms with Crippen molar-refractivity contribution in [2.45, 2.75) is 39.7 Å². The smallest absolute Gasteiger partial charge is 0.235 e. The van der Waals surface area contributed by atoms with Crippen LogP contribution >= 0.6 is 12.2 Å². The van der Waals surface area contributed by atoms with E-state index in [1.54, 1.807) is 13.8 Å². The highest BCUT2D eigenvalue weighted by Gasteiger charge is 2.36. The quantitative estimate of drug-likeness (QED) is 0.782. The van der Waals surface area contributed by atoms with Crippen LogP contribution in [0.1, 0.15) is 33.6 Å². The number of piperidine rings is 1. The summed E-state index contributed by atoms with van der Waals surface area (Å²) in [5.41, 5.74) is 4.91. The van der Waals surface area contributed by atoms with Crippen LogP contribution in [0, 0.1) is 5.41 Å². The summed E-state index contributed by atoms with van der Waals surface area (Å²) in [5.74, 6) is 0.0324. The van der Waals surface area contributed by atoms with E-state index in [-0.39, 0.29) is 10.9 Å². The van der Waals surface area contributed by atoms with Crippen LogP contribution in [0.2, 0.25) is 0 Å². The molecule has 1 rings (SSSR count). The number of carbonyl (C=O) groups excluding carboxylic acids is 1. The number of hydrogen-bond donors (Lipinski definition) is 1. The first-order chi connectivity index (χ1) is 8.30. The molecule has 4 nitrogen and oxygen atoms in total. The Balaban J connectivity index is 2.63. The van der Waals surface area contributed by atoms with Gasteiger partial charge in [0.1, 0.15) is 0 Å². The Morgan fingerprint density at radius 1 is 1.44 bits per heavy atom. The molecule has 0 aliphatic carbocycles. The Bertz CT molecular complexity index is 322. The first-order valence-corrected chi connectivity index (χ1v) is 7.01. The first-order valence-electron chi connectivity index (χ1n) is 6.60. The average Bonchev–Trinajstić information content (AvgIpc) is 2.36. The van der Waals surface area contributed by atoms with Gasteiger partial charge in [-0.15, -0.1) is 0 Å². The van der Waals surface area contributed by atoms with Crippen molar-refractivity contribution in [3.05, 3.63) is 0 Å². The van der Waals surface area contributed by atoms with Gasteiger partial charge in [-0.3, -0.25) is 4.79 Å². The fourth-order valence-corrected chi connectivity index (χ4v) is 2.42. The van der Waals surface area contributed by atoms with Crippen molar-refractivity contribution in [1.82, 2.24) is 9.80 Å². The van der Waals surface area contributed by atoms with Gasteiger partial charge in [0.2, 0.25) is 5.91 Å². The Morgan fingerprint density at radius 2 is 1.94 bits per heavy atom. The van der Waals surface area contributed by atoms with E-state index in [4.69, 9.17) is 18.0 Å². The van der Waals surface area contributed by atoms with Gasteiger partial charge < -0.3 is 15.5 Å². The fourth-order valence-electron chi connectivity index (χ4n) is 2.33. The van der Waals surface area contributed by atoms with Crippen LogP contribution in [0.5, 0.6) is 0 Å². The number of hydrogen-bond acceptors (Lipinski definition) is 3. The summed E-state index contributed by atoms with van der Waals surface area (Å²) in [7, 11) is 1.87. The predicted molar refractivity (Wildman–Crippen MR) is 78.5 cm³/mol. The van der Waals surface area contributed by atoms with Crippen LogP contribution in [-0.2, 0) is 4.79 Å². The van der Waals surface area contributed by atoms with Gasteiger partial charge in [-0.2, -0.15) is 0 Å². The summed E-state index contributed by atoms with van der Waals surface area (Å²) in [6.07, 6.45) is 2.06. The van der Waals surface area contributed by atoms with Crippen LogP contribution < -0.4 is 5.73 Å². The van der Waals surface area contributed by atoms with Crippen LogP contribution in [0.4, 0.5) is 0 Å². The second-order valence-corrected chi connectivity index (χ2v) is 6.01. The predicted octanol–water partition coefficient (Wildman–Crippen LogP) is 1.24. The molecule has 0 aromatic rings. The van der Waals surface area contributed by atoms with Crippen molar-refractivity contribution in [2.24, 2.45) is 11.1 Å². The lowest BCUT2D eigenvalue weighted by molar-refractivity contribution is -0.138. The van der Waals surface area contributed by atoms with Crippen molar-refractivity contribution < 1.29 is 4.79 Å². The molecule has 0 atom stereocenters. The number of thiocarbonyl (C=S) groups is 1. The SMILES string of the molecule is CCN1CCC(N(C)C(=O)C(C)(C)C(N)=S)CC1. The summed E-state index contributed by atoms with van der Waals surface area (Å²) in [6, 6.07) is 0.314. The van der Waals surface area contributed by atoms with Crippen molar-refractivity contribution >= 4 is 23.1 Å². The lowest BCUT2D eigenvalue weighted by Gasteiger charge is -2.39. The highest BCUT2D eigenvalue weighted by Crippen LogP contribution is 2.23. The van der Waals surface area contributed by atoms with Gasteiger partial charge in [-0.25, -0.2) is 0 Å². The lowest BCUT2D eigenvalue weighted by Crippen LogP contribution is -2.52.